The van der Waals surface area contributed by atoms with Crippen molar-refractivity contribution >= 4 is 17.5 Å². The minimum absolute atomic E-state index is 0.0911. The highest BCUT2D eigenvalue weighted by atomic mass is 35.5. The fraction of sp³-hybridized carbons (Fsp3) is 0.385. The van der Waals surface area contributed by atoms with Gasteiger partial charge in [-0.3, -0.25) is 4.79 Å². The molecule has 4 nitrogen and oxygen atoms in total. The van der Waals surface area contributed by atoms with E-state index in [-0.39, 0.29) is 5.91 Å². The highest BCUT2D eigenvalue weighted by molar-refractivity contribution is 6.31. The zero-order chi connectivity index (χ0) is 13.5. The Kier molecular flexibility index (Phi) is 5.63. The average Bonchev–Trinajstić information content (AvgIpc) is 2.35. The number of nitrogens with one attached hydrogen (secondary N) is 1. The van der Waals surface area contributed by atoms with Gasteiger partial charge in [-0.25, -0.2) is 0 Å². The van der Waals surface area contributed by atoms with E-state index in [9.17, 15) is 4.79 Å². The van der Waals surface area contributed by atoms with E-state index in [1.54, 1.807) is 31.1 Å². The molecule has 1 aromatic rings. The maximum absolute atomic E-state index is 11.3. The van der Waals surface area contributed by atoms with Gasteiger partial charge in [0.25, 0.3) is 0 Å². The van der Waals surface area contributed by atoms with Crippen LogP contribution in [0.2, 0.25) is 5.02 Å². The lowest BCUT2D eigenvalue weighted by atomic mass is 10.1. The van der Waals surface area contributed by atoms with Gasteiger partial charge in [-0.1, -0.05) is 17.7 Å². The van der Waals surface area contributed by atoms with Crippen LogP contribution < -0.4 is 5.32 Å². The van der Waals surface area contributed by atoms with E-state index in [0.29, 0.717) is 30.1 Å². The first-order valence-corrected chi connectivity index (χ1v) is 6.01. The normalized spacial score (nSPS) is 9.89. The molecular formula is C13H16ClN3O. The van der Waals surface area contributed by atoms with Crippen molar-refractivity contribution < 1.29 is 4.79 Å². The molecule has 0 aliphatic carbocycles. The van der Waals surface area contributed by atoms with E-state index in [0.717, 1.165) is 5.56 Å². The quantitative estimate of drug-likeness (QED) is 0.826. The van der Waals surface area contributed by atoms with Crippen molar-refractivity contribution in [3.63, 3.8) is 0 Å². The van der Waals surface area contributed by atoms with Crippen LogP contribution in [0.3, 0.4) is 0 Å². The van der Waals surface area contributed by atoms with E-state index in [1.807, 2.05) is 12.1 Å². The molecule has 0 spiro atoms. The summed E-state index contributed by atoms with van der Waals surface area (Å²) >= 11 is 6.03. The number of nitriles is 1. The second-order valence-corrected chi connectivity index (χ2v) is 4.54. The van der Waals surface area contributed by atoms with Gasteiger partial charge >= 0.3 is 0 Å². The Balaban J connectivity index is 2.41. The fourth-order valence-corrected chi connectivity index (χ4v) is 1.65. The lowest BCUT2D eigenvalue weighted by molar-refractivity contribution is -0.128. The van der Waals surface area contributed by atoms with Crippen LogP contribution in [-0.4, -0.2) is 31.4 Å². The molecule has 1 amide bonds. The summed E-state index contributed by atoms with van der Waals surface area (Å²) in [5.74, 6) is 0.0911. The summed E-state index contributed by atoms with van der Waals surface area (Å²) in [7, 11) is 3.47. The second-order valence-electron chi connectivity index (χ2n) is 4.13. The number of benzene rings is 1. The molecule has 0 saturated heterocycles. The predicted molar refractivity (Wildman–Crippen MR) is 71.2 cm³/mol. The summed E-state index contributed by atoms with van der Waals surface area (Å²) in [6.07, 6.45) is 0.459. The number of amides is 1. The van der Waals surface area contributed by atoms with Gasteiger partial charge in [-0.15, -0.1) is 0 Å². The largest absolute Gasteiger partial charge is 0.349 e. The molecule has 0 radical (unpaired) electrons. The zero-order valence-corrected chi connectivity index (χ0v) is 11.3. The molecule has 96 valence electrons. The summed E-state index contributed by atoms with van der Waals surface area (Å²) in [5.41, 5.74) is 1.47. The van der Waals surface area contributed by atoms with Gasteiger partial charge in [0.2, 0.25) is 5.91 Å². The van der Waals surface area contributed by atoms with E-state index >= 15 is 0 Å². The number of carbonyl (C=O) groups is 1. The van der Waals surface area contributed by atoms with E-state index in [1.165, 1.54) is 0 Å². The Morgan fingerprint density at radius 1 is 1.50 bits per heavy atom. The van der Waals surface area contributed by atoms with Crippen molar-refractivity contribution in [2.24, 2.45) is 0 Å². The third kappa shape index (κ3) is 4.36. The highest BCUT2D eigenvalue weighted by Crippen LogP contribution is 2.17. The van der Waals surface area contributed by atoms with Crippen LogP contribution in [0.25, 0.3) is 0 Å². The smallest absolute Gasteiger partial charge is 0.223 e. The Bertz CT molecular complexity index is 466. The van der Waals surface area contributed by atoms with Crippen LogP contribution in [0.1, 0.15) is 17.5 Å². The number of hydrogen-bond donors (Lipinski definition) is 1. The van der Waals surface area contributed by atoms with Crippen LogP contribution >= 0.6 is 11.6 Å². The third-order valence-electron chi connectivity index (χ3n) is 2.51. The molecule has 0 heterocycles. The SMILES string of the molecule is CN(C)C(=O)CCNCc1ccc(C#N)cc1Cl. The Morgan fingerprint density at radius 2 is 2.22 bits per heavy atom. The van der Waals surface area contributed by atoms with Crippen molar-refractivity contribution in [2.45, 2.75) is 13.0 Å². The molecule has 0 aliphatic rings. The maximum atomic E-state index is 11.3. The standard InChI is InChI=1S/C13H16ClN3O/c1-17(2)13(18)5-6-16-9-11-4-3-10(8-15)7-12(11)14/h3-4,7,16H,5-6,9H2,1-2H3. The number of nitrogens with zero attached hydrogens (tertiary/aromatic N) is 2. The van der Waals surface area contributed by atoms with Gasteiger partial charge in [0.1, 0.15) is 0 Å². The van der Waals surface area contributed by atoms with Crippen LogP contribution in [0.5, 0.6) is 0 Å². The second kappa shape index (κ2) is 7.00. The average molecular weight is 266 g/mol. The Hall–Kier alpha value is -1.57. The molecule has 1 N–H and O–H groups in total. The molecule has 0 bridgehead atoms. The van der Waals surface area contributed by atoms with Crippen molar-refractivity contribution in [2.75, 3.05) is 20.6 Å². The molecule has 18 heavy (non-hydrogen) atoms. The molecule has 0 saturated carbocycles. The molecule has 0 aliphatic heterocycles. The summed E-state index contributed by atoms with van der Waals surface area (Å²) in [6, 6.07) is 7.23. The molecule has 0 atom stereocenters. The van der Waals surface area contributed by atoms with Gasteiger partial charge in [0.15, 0.2) is 0 Å². The van der Waals surface area contributed by atoms with Gasteiger partial charge in [0.05, 0.1) is 11.6 Å². The van der Waals surface area contributed by atoms with Gasteiger partial charge < -0.3 is 10.2 Å². The van der Waals surface area contributed by atoms with Crippen LogP contribution in [0, 0.1) is 11.3 Å². The monoisotopic (exact) mass is 265 g/mol. The topological polar surface area (TPSA) is 56.1 Å². The van der Waals surface area contributed by atoms with Crippen molar-refractivity contribution in [3.8, 4) is 6.07 Å². The van der Waals surface area contributed by atoms with E-state index in [2.05, 4.69) is 5.32 Å². The van der Waals surface area contributed by atoms with Gasteiger partial charge in [-0.2, -0.15) is 5.26 Å². The fourth-order valence-electron chi connectivity index (χ4n) is 1.40. The van der Waals surface area contributed by atoms with Gasteiger partial charge in [-0.05, 0) is 17.7 Å². The first-order chi connectivity index (χ1) is 8.54. The minimum atomic E-state index is 0.0911. The number of carbonyl (C=O) groups excluding carboxylic acids is 1. The number of halogens is 1. The lowest BCUT2D eigenvalue weighted by Gasteiger charge is -2.11. The first kappa shape index (κ1) is 14.5. The van der Waals surface area contributed by atoms with E-state index in [4.69, 9.17) is 16.9 Å². The number of rotatable bonds is 5. The summed E-state index contributed by atoms with van der Waals surface area (Å²) in [6.45, 7) is 1.19. The molecule has 1 aromatic carbocycles. The maximum Gasteiger partial charge on any atom is 0.223 e. The van der Waals surface area contributed by atoms with Gasteiger partial charge in [0, 0.05) is 38.6 Å². The van der Waals surface area contributed by atoms with Crippen LogP contribution in [0.15, 0.2) is 18.2 Å². The van der Waals surface area contributed by atoms with Crippen molar-refractivity contribution in [3.05, 3.63) is 34.3 Å². The molecule has 5 heteroatoms. The highest BCUT2D eigenvalue weighted by Gasteiger charge is 2.04. The van der Waals surface area contributed by atoms with Crippen LogP contribution in [-0.2, 0) is 11.3 Å². The van der Waals surface area contributed by atoms with Crippen LogP contribution in [0.4, 0.5) is 0 Å². The molecule has 0 fully saturated rings. The lowest BCUT2D eigenvalue weighted by Crippen LogP contribution is -2.26. The Labute approximate surface area is 112 Å². The van der Waals surface area contributed by atoms with E-state index < -0.39 is 0 Å². The Morgan fingerprint density at radius 3 is 2.78 bits per heavy atom. The van der Waals surface area contributed by atoms with Crippen molar-refractivity contribution in [1.29, 1.82) is 5.26 Å². The third-order valence-corrected chi connectivity index (χ3v) is 2.86. The molecule has 0 aromatic heterocycles. The molecular weight excluding hydrogens is 250 g/mol. The minimum Gasteiger partial charge on any atom is -0.349 e. The first-order valence-electron chi connectivity index (χ1n) is 5.64. The summed E-state index contributed by atoms with van der Waals surface area (Å²) < 4.78 is 0. The van der Waals surface area contributed by atoms with Crippen molar-refractivity contribution in [1.82, 2.24) is 10.2 Å². The predicted octanol–water partition coefficient (Wildman–Crippen LogP) is 1.78. The zero-order valence-electron chi connectivity index (χ0n) is 10.5. The summed E-state index contributed by atoms with van der Waals surface area (Å²) in [4.78, 5) is 12.9. The number of hydrogen-bond acceptors (Lipinski definition) is 3. The molecule has 0 unspecified atom stereocenters. The summed E-state index contributed by atoms with van der Waals surface area (Å²) in [5, 5.41) is 12.4. The molecule has 1 rings (SSSR count).